The van der Waals surface area contributed by atoms with Crippen molar-refractivity contribution in [2.75, 3.05) is 51.8 Å². The van der Waals surface area contributed by atoms with Crippen LogP contribution in [0.15, 0.2) is 24.3 Å². The summed E-state index contributed by atoms with van der Waals surface area (Å²) >= 11 is 0. The van der Waals surface area contributed by atoms with E-state index in [9.17, 15) is 4.79 Å². The Balaban J connectivity index is 0.00000182. The third-order valence-corrected chi connectivity index (χ3v) is 5.63. The number of carbonyl (C=O) groups is 1. The summed E-state index contributed by atoms with van der Waals surface area (Å²) in [5, 5.41) is 3.35. The zero-order valence-corrected chi connectivity index (χ0v) is 18.0. The summed E-state index contributed by atoms with van der Waals surface area (Å²) in [6, 6.07) is 8.51. The van der Waals surface area contributed by atoms with Gasteiger partial charge in [0.1, 0.15) is 0 Å². The lowest BCUT2D eigenvalue weighted by Crippen LogP contribution is -2.50. The number of carbonyl (C=O) groups excluding carboxylic acids is 1. The predicted octanol–water partition coefficient (Wildman–Crippen LogP) is 3.11. The molecule has 2 aliphatic heterocycles. The Kier molecular flexibility index (Phi) is 9.88. The van der Waals surface area contributed by atoms with E-state index in [4.69, 9.17) is 4.74 Å². The summed E-state index contributed by atoms with van der Waals surface area (Å²) in [4.78, 5) is 17.6. The fourth-order valence-corrected chi connectivity index (χ4v) is 4.24. The lowest BCUT2D eigenvalue weighted by atomic mass is 9.78. The first-order chi connectivity index (χ1) is 12.2. The van der Waals surface area contributed by atoms with Crippen LogP contribution in [0.5, 0.6) is 0 Å². The third kappa shape index (κ3) is 5.50. The number of benzene rings is 1. The molecule has 0 bridgehead atoms. The van der Waals surface area contributed by atoms with E-state index in [2.05, 4.69) is 34.5 Å². The Morgan fingerprint density at radius 1 is 1.19 bits per heavy atom. The van der Waals surface area contributed by atoms with Gasteiger partial charge < -0.3 is 19.9 Å². The highest BCUT2D eigenvalue weighted by molar-refractivity contribution is 5.85. The number of para-hydroxylation sites is 1. The SMILES string of the molecule is COCC1(C(=O)N(C)Cc2ccccc2N2CCCC2)CCNCC1.Cl.Cl. The Hall–Kier alpha value is -1.01. The number of amides is 1. The van der Waals surface area contributed by atoms with Gasteiger partial charge in [-0.15, -0.1) is 24.8 Å². The second kappa shape index (κ2) is 11.1. The van der Waals surface area contributed by atoms with E-state index in [1.165, 1.54) is 24.1 Å². The first-order valence-corrected chi connectivity index (χ1v) is 9.44. The Labute approximate surface area is 175 Å². The first kappa shape index (κ1) is 24.0. The van der Waals surface area contributed by atoms with Crippen molar-refractivity contribution in [3.63, 3.8) is 0 Å². The molecule has 0 spiro atoms. The maximum atomic E-state index is 13.3. The third-order valence-electron chi connectivity index (χ3n) is 5.63. The van der Waals surface area contributed by atoms with Gasteiger partial charge in [-0.25, -0.2) is 0 Å². The van der Waals surface area contributed by atoms with Crippen molar-refractivity contribution in [2.45, 2.75) is 32.2 Å². The molecule has 1 amide bonds. The molecule has 1 aromatic rings. The number of anilines is 1. The largest absolute Gasteiger partial charge is 0.384 e. The van der Waals surface area contributed by atoms with Crippen molar-refractivity contribution < 1.29 is 9.53 Å². The number of methoxy groups -OCH3 is 1. The zero-order valence-electron chi connectivity index (χ0n) is 16.4. The minimum atomic E-state index is -0.378. The summed E-state index contributed by atoms with van der Waals surface area (Å²) in [6.07, 6.45) is 4.20. The van der Waals surface area contributed by atoms with Crippen LogP contribution in [0.4, 0.5) is 5.69 Å². The lowest BCUT2D eigenvalue weighted by molar-refractivity contribution is -0.146. The number of piperidine rings is 1. The van der Waals surface area contributed by atoms with Gasteiger partial charge in [0.05, 0.1) is 12.0 Å². The molecule has 0 atom stereocenters. The fraction of sp³-hybridized carbons (Fsp3) is 0.650. The normalized spacial score (nSPS) is 18.4. The number of nitrogens with zero attached hydrogens (tertiary/aromatic N) is 2. The van der Waals surface area contributed by atoms with Crippen LogP contribution in [-0.4, -0.2) is 57.8 Å². The molecule has 3 rings (SSSR count). The molecule has 1 aromatic carbocycles. The van der Waals surface area contributed by atoms with E-state index in [1.54, 1.807) is 7.11 Å². The molecule has 2 saturated heterocycles. The summed E-state index contributed by atoms with van der Waals surface area (Å²) in [7, 11) is 3.63. The molecule has 27 heavy (non-hydrogen) atoms. The number of ether oxygens (including phenoxy) is 1. The molecule has 0 unspecified atom stereocenters. The van der Waals surface area contributed by atoms with Gasteiger partial charge in [0.2, 0.25) is 5.91 Å². The van der Waals surface area contributed by atoms with Crippen LogP contribution in [-0.2, 0) is 16.1 Å². The van der Waals surface area contributed by atoms with Crippen LogP contribution < -0.4 is 10.2 Å². The fourth-order valence-electron chi connectivity index (χ4n) is 4.24. The summed E-state index contributed by atoms with van der Waals surface area (Å²) in [5.41, 5.74) is 2.14. The van der Waals surface area contributed by atoms with Gasteiger partial charge in [-0.1, -0.05) is 18.2 Å². The van der Waals surface area contributed by atoms with Crippen molar-refractivity contribution in [3.05, 3.63) is 29.8 Å². The van der Waals surface area contributed by atoms with Crippen molar-refractivity contribution in [3.8, 4) is 0 Å². The number of hydrogen-bond acceptors (Lipinski definition) is 4. The van der Waals surface area contributed by atoms with Gasteiger partial charge >= 0.3 is 0 Å². The van der Waals surface area contributed by atoms with Gasteiger partial charge in [-0.05, 0) is 50.4 Å². The number of nitrogens with one attached hydrogen (secondary N) is 1. The van der Waals surface area contributed by atoms with Crippen LogP contribution in [0.25, 0.3) is 0 Å². The Morgan fingerprint density at radius 3 is 2.44 bits per heavy atom. The maximum Gasteiger partial charge on any atom is 0.231 e. The molecular formula is C20H33Cl2N3O2. The number of hydrogen-bond donors (Lipinski definition) is 1. The topological polar surface area (TPSA) is 44.8 Å². The summed E-state index contributed by atoms with van der Waals surface area (Å²) in [6.45, 7) is 5.17. The molecule has 0 saturated carbocycles. The highest BCUT2D eigenvalue weighted by Gasteiger charge is 2.41. The second-order valence-corrected chi connectivity index (χ2v) is 7.45. The van der Waals surface area contributed by atoms with E-state index in [1.807, 2.05) is 11.9 Å². The Bertz CT molecular complexity index is 583. The molecule has 2 aliphatic rings. The van der Waals surface area contributed by atoms with Crippen LogP contribution in [0.2, 0.25) is 0 Å². The molecule has 0 radical (unpaired) electrons. The monoisotopic (exact) mass is 417 g/mol. The molecule has 0 aromatic heterocycles. The van der Waals surface area contributed by atoms with E-state index in [-0.39, 0.29) is 36.1 Å². The van der Waals surface area contributed by atoms with Crippen LogP contribution in [0.3, 0.4) is 0 Å². The average Bonchev–Trinajstić information content (AvgIpc) is 3.17. The lowest BCUT2D eigenvalue weighted by Gasteiger charge is -2.38. The van der Waals surface area contributed by atoms with Gasteiger partial charge in [0.15, 0.2) is 0 Å². The molecular weight excluding hydrogens is 385 g/mol. The molecule has 2 fully saturated rings. The Morgan fingerprint density at radius 2 is 1.81 bits per heavy atom. The maximum absolute atomic E-state index is 13.3. The van der Waals surface area contributed by atoms with Crippen molar-refractivity contribution in [1.29, 1.82) is 0 Å². The van der Waals surface area contributed by atoms with Crippen LogP contribution in [0, 0.1) is 5.41 Å². The molecule has 5 nitrogen and oxygen atoms in total. The predicted molar refractivity (Wildman–Crippen MR) is 115 cm³/mol. The zero-order chi connectivity index (χ0) is 17.7. The van der Waals surface area contributed by atoms with Crippen molar-refractivity contribution in [2.24, 2.45) is 5.41 Å². The van der Waals surface area contributed by atoms with Crippen molar-refractivity contribution >= 4 is 36.4 Å². The molecule has 1 N–H and O–H groups in total. The van der Waals surface area contributed by atoms with Crippen LogP contribution in [0.1, 0.15) is 31.2 Å². The molecule has 0 aliphatic carbocycles. The first-order valence-electron chi connectivity index (χ1n) is 9.44. The van der Waals surface area contributed by atoms with Gasteiger partial charge in [0.25, 0.3) is 0 Å². The van der Waals surface area contributed by atoms with Crippen LogP contribution >= 0.6 is 24.8 Å². The smallest absolute Gasteiger partial charge is 0.231 e. The molecule has 7 heteroatoms. The van der Waals surface area contributed by atoms with Gasteiger partial charge in [-0.3, -0.25) is 4.79 Å². The van der Waals surface area contributed by atoms with E-state index < -0.39 is 0 Å². The molecule has 2 heterocycles. The number of rotatable bonds is 6. The molecule has 154 valence electrons. The minimum absolute atomic E-state index is 0. The van der Waals surface area contributed by atoms with Gasteiger partial charge in [-0.2, -0.15) is 0 Å². The van der Waals surface area contributed by atoms with E-state index >= 15 is 0 Å². The average molecular weight is 418 g/mol. The highest BCUT2D eigenvalue weighted by Crippen LogP contribution is 2.33. The minimum Gasteiger partial charge on any atom is -0.384 e. The summed E-state index contributed by atoms with van der Waals surface area (Å²) in [5.74, 6) is 0.215. The van der Waals surface area contributed by atoms with Crippen molar-refractivity contribution in [1.82, 2.24) is 10.2 Å². The second-order valence-electron chi connectivity index (χ2n) is 7.45. The standard InChI is InChI=1S/C20H31N3O2.2ClH/c1-22(19(24)20(16-25-2)9-11-21-12-10-20)15-17-7-3-4-8-18(17)23-13-5-6-14-23;;/h3-4,7-8,21H,5-6,9-16H2,1-2H3;2*1H. The highest BCUT2D eigenvalue weighted by atomic mass is 35.5. The van der Waals surface area contributed by atoms with E-state index in [0.29, 0.717) is 13.2 Å². The number of halogens is 2. The van der Waals surface area contributed by atoms with Gasteiger partial charge in [0, 0.05) is 39.5 Å². The summed E-state index contributed by atoms with van der Waals surface area (Å²) < 4.78 is 5.43. The van der Waals surface area contributed by atoms with E-state index in [0.717, 1.165) is 39.0 Å². The quantitative estimate of drug-likeness (QED) is 0.771.